The van der Waals surface area contributed by atoms with Crippen LogP contribution in [0.2, 0.25) is 4.34 Å². The highest BCUT2D eigenvalue weighted by molar-refractivity contribution is 7.17. The van der Waals surface area contributed by atoms with E-state index in [4.69, 9.17) is 16.3 Å². The van der Waals surface area contributed by atoms with Gasteiger partial charge in [0, 0.05) is 6.54 Å². The van der Waals surface area contributed by atoms with Gasteiger partial charge >= 0.3 is 6.18 Å². The number of hydrogen-bond donors (Lipinski definition) is 0. The van der Waals surface area contributed by atoms with Gasteiger partial charge in [-0.1, -0.05) is 23.7 Å². The highest BCUT2D eigenvalue weighted by atomic mass is 35.5. The number of halogens is 4. The largest absolute Gasteiger partial charge is 0.416 e. The first-order valence-electron chi connectivity index (χ1n) is 7.18. The molecule has 1 aliphatic heterocycles. The lowest BCUT2D eigenvalue weighted by Crippen LogP contribution is -2.42. The third kappa shape index (κ3) is 3.74. The number of rotatable bonds is 2. The predicted molar refractivity (Wildman–Crippen MR) is 85.4 cm³/mol. The van der Waals surface area contributed by atoms with Gasteiger partial charge in [-0.15, -0.1) is 11.3 Å². The topological polar surface area (TPSA) is 29.5 Å². The highest BCUT2D eigenvalue weighted by Gasteiger charge is 2.31. The van der Waals surface area contributed by atoms with E-state index >= 15 is 0 Å². The fourth-order valence-corrected chi connectivity index (χ4v) is 3.52. The molecule has 1 aliphatic rings. The Morgan fingerprint density at radius 1 is 1.21 bits per heavy atom. The molecule has 1 aromatic carbocycles. The van der Waals surface area contributed by atoms with Crippen LogP contribution in [0.4, 0.5) is 13.2 Å². The molecule has 2 aromatic rings. The smallest absolute Gasteiger partial charge is 0.370 e. The van der Waals surface area contributed by atoms with Crippen molar-refractivity contribution in [2.45, 2.75) is 12.3 Å². The SMILES string of the molecule is O=C(c1ccc(Cl)s1)N1CCO[C@H](c2ccc(C(F)(F)F)cc2)C1. The summed E-state index contributed by atoms with van der Waals surface area (Å²) in [5.74, 6) is -0.146. The first-order valence-corrected chi connectivity index (χ1v) is 8.37. The Morgan fingerprint density at radius 2 is 1.92 bits per heavy atom. The maximum absolute atomic E-state index is 12.6. The maximum Gasteiger partial charge on any atom is 0.416 e. The molecule has 1 saturated heterocycles. The number of hydrogen-bond acceptors (Lipinski definition) is 3. The zero-order valence-corrected chi connectivity index (χ0v) is 13.9. The van der Waals surface area contributed by atoms with Crippen LogP contribution in [-0.2, 0) is 10.9 Å². The van der Waals surface area contributed by atoms with Crippen molar-refractivity contribution in [3.8, 4) is 0 Å². The summed E-state index contributed by atoms with van der Waals surface area (Å²) in [6.07, 6.45) is -4.81. The number of ether oxygens (including phenoxy) is 1. The summed E-state index contributed by atoms with van der Waals surface area (Å²) in [5, 5.41) is 0. The third-order valence-electron chi connectivity index (χ3n) is 3.75. The zero-order chi connectivity index (χ0) is 17.3. The number of nitrogens with zero attached hydrogens (tertiary/aromatic N) is 1. The summed E-state index contributed by atoms with van der Waals surface area (Å²) >= 11 is 7.05. The second kappa shape index (κ2) is 6.74. The standard InChI is InChI=1S/C16H13ClF3NO2S/c17-14-6-5-13(24-14)15(22)21-7-8-23-12(9-21)10-1-3-11(4-2-10)16(18,19)20/h1-6,12H,7-9H2/t12-/m0/s1. The molecule has 0 N–H and O–H groups in total. The molecule has 0 radical (unpaired) electrons. The summed E-state index contributed by atoms with van der Waals surface area (Å²) in [6, 6.07) is 8.16. The van der Waals surface area contributed by atoms with Gasteiger partial charge in [-0.05, 0) is 29.8 Å². The summed E-state index contributed by atoms with van der Waals surface area (Å²) in [7, 11) is 0. The molecule has 24 heavy (non-hydrogen) atoms. The van der Waals surface area contributed by atoms with Gasteiger partial charge < -0.3 is 9.64 Å². The molecule has 3 rings (SSSR count). The van der Waals surface area contributed by atoms with Crippen molar-refractivity contribution in [2.75, 3.05) is 19.7 Å². The number of amides is 1. The first-order chi connectivity index (χ1) is 11.3. The Labute approximate surface area is 145 Å². The molecule has 0 unspecified atom stereocenters. The minimum absolute atomic E-state index is 0.146. The van der Waals surface area contributed by atoms with Gasteiger partial charge in [0.25, 0.3) is 5.91 Å². The molecule has 0 bridgehead atoms. The van der Waals surface area contributed by atoms with Crippen LogP contribution in [0.3, 0.4) is 0 Å². The fourth-order valence-electron chi connectivity index (χ4n) is 2.51. The lowest BCUT2D eigenvalue weighted by molar-refractivity contribution is -0.137. The van der Waals surface area contributed by atoms with Crippen LogP contribution >= 0.6 is 22.9 Å². The molecule has 1 amide bonds. The molecule has 8 heteroatoms. The molecular weight excluding hydrogens is 363 g/mol. The normalized spacial score (nSPS) is 18.7. The average molecular weight is 376 g/mol. The van der Waals surface area contributed by atoms with Crippen molar-refractivity contribution in [3.05, 3.63) is 56.7 Å². The monoisotopic (exact) mass is 375 g/mol. The summed E-state index contributed by atoms with van der Waals surface area (Å²) < 4.78 is 44.0. The molecule has 0 saturated carbocycles. The lowest BCUT2D eigenvalue weighted by atomic mass is 10.0. The Balaban J connectivity index is 1.72. The van der Waals surface area contributed by atoms with Crippen molar-refractivity contribution in [3.63, 3.8) is 0 Å². The van der Waals surface area contributed by atoms with Crippen molar-refractivity contribution >= 4 is 28.8 Å². The number of thiophene rings is 1. The van der Waals surface area contributed by atoms with E-state index in [-0.39, 0.29) is 5.91 Å². The Bertz CT molecular complexity index is 730. The molecule has 2 heterocycles. The van der Waals surface area contributed by atoms with Gasteiger partial charge in [0.05, 0.1) is 27.9 Å². The Morgan fingerprint density at radius 3 is 2.50 bits per heavy atom. The maximum atomic E-state index is 12.6. The lowest BCUT2D eigenvalue weighted by Gasteiger charge is -2.33. The van der Waals surface area contributed by atoms with Crippen molar-refractivity contribution in [1.82, 2.24) is 4.90 Å². The number of morpholine rings is 1. The Kier molecular flexibility index (Phi) is 4.85. The van der Waals surface area contributed by atoms with E-state index in [0.29, 0.717) is 34.5 Å². The second-order valence-corrected chi connectivity index (χ2v) is 7.05. The van der Waals surface area contributed by atoms with E-state index in [1.54, 1.807) is 17.0 Å². The molecule has 1 aromatic heterocycles. The van der Waals surface area contributed by atoms with Crippen LogP contribution in [0.1, 0.15) is 26.9 Å². The number of carbonyl (C=O) groups is 1. The highest BCUT2D eigenvalue weighted by Crippen LogP contribution is 2.31. The van der Waals surface area contributed by atoms with Crippen LogP contribution in [0.25, 0.3) is 0 Å². The van der Waals surface area contributed by atoms with Gasteiger partial charge in [-0.2, -0.15) is 13.2 Å². The number of benzene rings is 1. The zero-order valence-electron chi connectivity index (χ0n) is 12.3. The van der Waals surface area contributed by atoms with Crippen LogP contribution in [0.15, 0.2) is 36.4 Å². The van der Waals surface area contributed by atoms with Gasteiger partial charge in [0.2, 0.25) is 0 Å². The van der Waals surface area contributed by atoms with E-state index in [0.717, 1.165) is 12.1 Å². The van der Waals surface area contributed by atoms with Crippen molar-refractivity contribution in [2.24, 2.45) is 0 Å². The summed E-state index contributed by atoms with van der Waals surface area (Å²) in [4.78, 5) is 14.6. The Hall–Kier alpha value is -1.57. The number of alkyl halides is 3. The first kappa shape index (κ1) is 17.3. The van der Waals surface area contributed by atoms with Gasteiger partial charge in [0.1, 0.15) is 6.10 Å². The molecule has 3 nitrogen and oxygen atoms in total. The summed E-state index contributed by atoms with van der Waals surface area (Å²) in [6.45, 7) is 1.06. The van der Waals surface area contributed by atoms with Crippen molar-refractivity contribution in [1.29, 1.82) is 0 Å². The summed E-state index contributed by atoms with van der Waals surface area (Å²) in [5.41, 5.74) is -0.0899. The third-order valence-corrected chi connectivity index (χ3v) is 4.97. The molecule has 0 spiro atoms. The van der Waals surface area contributed by atoms with Crippen LogP contribution in [0.5, 0.6) is 0 Å². The van der Waals surface area contributed by atoms with Crippen LogP contribution in [0, 0.1) is 0 Å². The average Bonchev–Trinajstić information content (AvgIpc) is 3.00. The van der Waals surface area contributed by atoms with Gasteiger partial charge in [-0.25, -0.2) is 0 Å². The van der Waals surface area contributed by atoms with Gasteiger partial charge in [0.15, 0.2) is 0 Å². The van der Waals surface area contributed by atoms with Gasteiger partial charge in [-0.3, -0.25) is 4.79 Å². The van der Waals surface area contributed by atoms with E-state index in [1.807, 2.05) is 0 Å². The van der Waals surface area contributed by atoms with Crippen LogP contribution in [-0.4, -0.2) is 30.5 Å². The van der Waals surface area contributed by atoms with E-state index in [9.17, 15) is 18.0 Å². The quantitative estimate of drug-likeness (QED) is 0.765. The molecule has 1 atom stereocenters. The fraction of sp³-hybridized carbons (Fsp3) is 0.312. The van der Waals surface area contributed by atoms with Crippen molar-refractivity contribution < 1.29 is 22.7 Å². The van der Waals surface area contributed by atoms with E-state index < -0.39 is 17.8 Å². The molecule has 0 aliphatic carbocycles. The van der Waals surface area contributed by atoms with E-state index in [2.05, 4.69) is 0 Å². The predicted octanol–water partition coefficient (Wildman–Crippen LogP) is 4.63. The minimum Gasteiger partial charge on any atom is -0.370 e. The molecular formula is C16H13ClF3NO2S. The van der Waals surface area contributed by atoms with Crippen LogP contribution < -0.4 is 0 Å². The second-order valence-electron chi connectivity index (χ2n) is 5.33. The number of carbonyl (C=O) groups excluding carboxylic acids is 1. The van der Waals surface area contributed by atoms with E-state index in [1.165, 1.54) is 23.5 Å². The molecule has 128 valence electrons. The minimum atomic E-state index is -4.37. The molecule has 1 fully saturated rings.